The second-order valence-electron chi connectivity index (χ2n) is 7.25. The molecule has 0 saturated heterocycles. The van der Waals surface area contributed by atoms with Crippen molar-refractivity contribution in [2.45, 2.75) is 20.5 Å². The first-order valence-corrected chi connectivity index (χ1v) is 12.5. The standard InChI is InChI=1S/C25H23Br2N3O6/c1-3-34-22-10-7-18(13-23(22)35-4-2)25(31)29-28-14-17-11-20(26)24(21(27)12-17)36-15-16-5-8-19(9-6-16)30(32)33/h5-14H,3-4,15H2,1-2H3,(H,29,31)/b28-14+. The highest BCUT2D eigenvalue weighted by atomic mass is 79.9. The fourth-order valence-electron chi connectivity index (χ4n) is 3.08. The fraction of sp³-hybridized carbons (Fsp3) is 0.200. The zero-order chi connectivity index (χ0) is 26.1. The number of benzene rings is 3. The molecule has 0 aliphatic carbocycles. The topological polar surface area (TPSA) is 112 Å². The number of hydrazone groups is 1. The van der Waals surface area contributed by atoms with Crippen LogP contribution in [0.4, 0.5) is 5.69 Å². The maximum Gasteiger partial charge on any atom is 0.271 e. The summed E-state index contributed by atoms with van der Waals surface area (Å²) in [5, 5.41) is 14.8. The van der Waals surface area contributed by atoms with E-state index in [-0.39, 0.29) is 12.3 Å². The van der Waals surface area contributed by atoms with Crippen LogP contribution in [0.15, 0.2) is 68.6 Å². The van der Waals surface area contributed by atoms with Crippen LogP contribution in [0.25, 0.3) is 0 Å². The summed E-state index contributed by atoms with van der Waals surface area (Å²) >= 11 is 6.97. The lowest BCUT2D eigenvalue weighted by Gasteiger charge is -2.12. The van der Waals surface area contributed by atoms with Crippen molar-refractivity contribution < 1.29 is 23.9 Å². The monoisotopic (exact) mass is 619 g/mol. The molecule has 11 heteroatoms. The number of hydrogen-bond donors (Lipinski definition) is 1. The quantitative estimate of drug-likeness (QED) is 0.154. The predicted molar refractivity (Wildman–Crippen MR) is 143 cm³/mol. The fourth-order valence-corrected chi connectivity index (χ4v) is 4.53. The molecule has 0 heterocycles. The molecule has 3 aromatic rings. The lowest BCUT2D eigenvalue weighted by Crippen LogP contribution is -2.17. The smallest absolute Gasteiger partial charge is 0.271 e. The molecule has 3 aromatic carbocycles. The van der Waals surface area contributed by atoms with E-state index in [9.17, 15) is 14.9 Å². The van der Waals surface area contributed by atoms with Crippen molar-refractivity contribution in [3.05, 3.63) is 90.3 Å². The van der Waals surface area contributed by atoms with E-state index < -0.39 is 10.8 Å². The van der Waals surface area contributed by atoms with E-state index in [0.29, 0.717) is 50.5 Å². The zero-order valence-electron chi connectivity index (χ0n) is 19.5. The molecule has 0 radical (unpaired) electrons. The van der Waals surface area contributed by atoms with E-state index in [1.165, 1.54) is 18.3 Å². The van der Waals surface area contributed by atoms with Crippen LogP contribution in [0.3, 0.4) is 0 Å². The number of ether oxygens (including phenoxy) is 3. The van der Waals surface area contributed by atoms with Gasteiger partial charge in [-0.3, -0.25) is 14.9 Å². The molecule has 188 valence electrons. The molecule has 36 heavy (non-hydrogen) atoms. The molecule has 0 fully saturated rings. The molecule has 0 bridgehead atoms. The number of carbonyl (C=O) groups excluding carboxylic acids is 1. The molecule has 1 amide bonds. The van der Waals surface area contributed by atoms with Gasteiger partial charge in [0.15, 0.2) is 11.5 Å². The van der Waals surface area contributed by atoms with E-state index in [4.69, 9.17) is 14.2 Å². The summed E-state index contributed by atoms with van der Waals surface area (Å²) in [7, 11) is 0. The van der Waals surface area contributed by atoms with Crippen LogP contribution >= 0.6 is 31.9 Å². The van der Waals surface area contributed by atoms with E-state index in [0.717, 1.165) is 5.56 Å². The van der Waals surface area contributed by atoms with Crippen molar-refractivity contribution in [1.29, 1.82) is 0 Å². The van der Waals surface area contributed by atoms with Crippen molar-refractivity contribution >= 4 is 49.7 Å². The van der Waals surface area contributed by atoms with Crippen LogP contribution in [0.1, 0.15) is 35.3 Å². The van der Waals surface area contributed by atoms with Gasteiger partial charge in [-0.25, -0.2) is 5.43 Å². The predicted octanol–water partition coefficient (Wildman–Crippen LogP) is 6.26. The molecule has 1 N–H and O–H groups in total. The third-order valence-electron chi connectivity index (χ3n) is 4.74. The van der Waals surface area contributed by atoms with Crippen LogP contribution in [-0.4, -0.2) is 30.3 Å². The van der Waals surface area contributed by atoms with Gasteiger partial charge in [-0.05, 0) is 99.3 Å². The molecular weight excluding hydrogens is 598 g/mol. The van der Waals surface area contributed by atoms with Crippen LogP contribution in [-0.2, 0) is 6.61 Å². The Morgan fingerprint density at radius 2 is 1.61 bits per heavy atom. The van der Waals surface area contributed by atoms with Crippen molar-refractivity contribution in [2.24, 2.45) is 5.10 Å². The molecule has 0 unspecified atom stereocenters. The third-order valence-corrected chi connectivity index (χ3v) is 5.91. The Kier molecular flexibility index (Phi) is 9.83. The van der Waals surface area contributed by atoms with Crippen molar-refractivity contribution in [3.8, 4) is 17.2 Å². The third kappa shape index (κ3) is 7.28. The number of rotatable bonds is 11. The Hall–Kier alpha value is -3.44. The van der Waals surface area contributed by atoms with E-state index in [1.54, 1.807) is 42.5 Å². The van der Waals surface area contributed by atoms with Crippen LogP contribution in [0.5, 0.6) is 17.2 Å². The highest BCUT2D eigenvalue weighted by Crippen LogP contribution is 2.35. The van der Waals surface area contributed by atoms with Gasteiger partial charge in [0.05, 0.1) is 33.3 Å². The average Bonchev–Trinajstić information content (AvgIpc) is 2.85. The van der Waals surface area contributed by atoms with Gasteiger partial charge in [0.1, 0.15) is 12.4 Å². The number of nitro groups is 1. The Labute approximate surface area is 224 Å². The molecule has 0 aliphatic heterocycles. The number of halogens is 2. The number of amides is 1. The lowest BCUT2D eigenvalue weighted by atomic mass is 10.2. The van der Waals surface area contributed by atoms with Crippen molar-refractivity contribution in [2.75, 3.05) is 13.2 Å². The summed E-state index contributed by atoms with van der Waals surface area (Å²) in [6, 6.07) is 14.7. The second kappa shape index (κ2) is 13.0. The number of non-ortho nitro benzene ring substituents is 1. The summed E-state index contributed by atoms with van der Waals surface area (Å²) < 4.78 is 18.3. The highest BCUT2D eigenvalue weighted by Gasteiger charge is 2.12. The summed E-state index contributed by atoms with van der Waals surface area (Å²) in [6.07, 6.45) is 1.51. The number of nitro benzene ring substituents is 1. The highest BCUT2D eigenvalue weighted by molar-refractivity contribution is 9.11. The van der Waals surface area contributed by atoms with Crippen molar-refractivity contribution in [3.63, 3.8) is 0 Å². The van der Waals surface area contributed by atoms with Crippen LogP contribution in [0, 0.1) is 10.1 Å². The Bertz CT molecular complexity index is 1240. The SMILES string of the molecule is CCOc1ccc(C(=O)N/N=C/c2cc(Br)c(OCc3ccc([N+](=O)[O-])cc3)c(Br)c2)cc1OCC. The molecular formula is C25H23Br2N3O6. The number of nitrogens with zero attached hydrogens (tertiary/aromatic N) is 2. The van der Waals surface area contributed by atoms with E-state index >= 15 is 0 Å². The average molecular weight is 621 g/mol. The minimum absolute atomic E-state index is 0.0223. The molecule has 0 saturated carbocycles. The Morgan fingerprint density at radius 1 is 0.972 bits per heavy atom. The summed E-state index contributed by atoms with van der Waals surface area (Å²) in [4.78, 5) is 22.9. The van der Waals surface area contributed by atoms with Crippen LogP contribution in [0.2, 0.25) is 0 Å². The van der Waals surface area contributed by atoms with Crippen LogP contribution < -0.4 is 19.6 Å². The van der Waals surface area contributed by atoms with Gasteiger partial charge >= 0.3 is 0 Å². The first kappa shape index (κ1) is 27.2. The zero-order valence-corrected chi connectivity index (χ0v) is 22.7. The van der Waals surface area contributed by atoms with Gasteiger partial charge in [-0.2, -0.15) is 5.10 Å². The molecule has 0 spiro atoms. The molecule has 0 aromatic heterocycles. The summed E-state index contributed by atoms with van der Waals surface area (Å²) in [5.74, 6) is 1.24. The normalized spacial score (nSPS) is 10.8. The van der Waals surface area contributed by atoms with Crippen molar-refractivity contribution in [1.82, 2.24) is 5.43 Å². The molecule has 0 atom stereocenters. The first-order chi connectivity index (χ1) is 17.3. The molecule has 0 aliphatic rings. The maximum atomic E-state index is 12.5. The van der Waals surface area contributed by atoms with Gasteiger partial charge in [-0.1, -0.05) is 0 Å². The summed E-state index contributed by atoms with van der Waals surface area (Å²) in [6.45, 7) is 4.89. The molecule has 3 rings (SSSR count). The van der Waals surface area contributed by atoms with Gasteiger partial charge in [0.25, 0.3) is 11.6 Å². The number of hydrogen-bond acceptors (Lipinski definition) is 7. The van der Waals surface area contributed by atoms with E-state index in [1.807, 2.05) is 13.8 Å². The summed E-state index contributed by atoms with van der Waals surface area (Å²) in [5.41, 5.74) is 4.41. The molecule has 9 nitrogen and oxygen atoms in total. The first-order valence-electron chi connectivity index (χ1n) is 10.9. The second-order valence-corrected chi connectivity index (χ2v) is 8.96. The Morgan fingerprint density at radius 3 is 2.22 bits per heavy atom. The maximum absolute atomic E-state index is 12.5. The lowest BCUT2D eigenvalue weighted by molar-refractivity contribution is -0.384. The van der Waals surface area contributed by atoms with Gasteiger partial charge < -0.3 is 14.2 Å². The van der Waals surface area contributed by atoms with Gasteiger partial charge in [-0.15, -0.1) is 0 Å². The Balaban J connectivity index is 1.63. The largest absolute Gasteiger partial charge is 0.490 e. The van der Waals surface area contributed by atoms with Gasteiger partial charge in [0.2, 0.25) is 0 Å². The minimum atomic E-state index is -0.448. The van der Waals surface area contributed by atoms with Gasteiger partial charge in [0, 0.05) is 17.7 Å². The number of nitrogens with one attached hydrogen (secondary N) is 1. The number of carbonyl (C=O) groups is 1. The minimum Gasteiger partial charge on any atom is -0.490 e. The van der Waals surface area contributed by atoms with E-state index in [2.05, 4.69) is 42.4 Å².